The maximum Gasteiger partial charge on any atom is 0.416 e. The molecule has 0 fully saturated rings. The van der Waals surface area contributed by atoms with Gasteiger partial charge in [-0.15, -0.1) is 0 Å². The highest BCUT2D eigenvalue weighted by molar-refractivity contribution is 7.92. The van der Waals surface area contributed by atoms with E-state index >= 15 is 0 Å². The van der Waals surface area contributed by atoms with Gasteiger partial charge in [0.25, 0.3) is 10.0 Å². The van der Waals surface area contributed by atoms with Crippen LogP contribution < -0.4 is 19.7 Å². The van der Waals surface area contributed by atoms with Crippen molar-refractivity contribution in [1.29, 1.82) is 0 Å². The van der Waals surface area contributed by atoms with Crippen molar-refractivity contribution in [3.05, 3.63) is 48.0 Å². The smallest absolute Gasteiger partial charge is 0.416 e. The van der Waals surface area contributed by atoms with Gasteiger partial charge in [-0.3, -0.25) is 14.4 Å². The summed E-state index contributed by atoms with van der Waals surface area (Å²) in [5, 5.41) is 4.93. The van der Waals surface area contributed by atoms with Crippen LogP contribution >= 0.6 is 0 Å². The number of ether oxygens (including phenoxy) is 2. The molecule has 0 aliphatic carbocycles. The predicted octanol–water partition coefficient (Wildman–Crippen LogP) is 4.39. The van der Waals surface area contributed by atoms with Crippen molar-refractivity contribution in [3.8, 4) is 5.75 Å². The second-order valence-corrected chi connectivity index (χ2v) is 11.5. The molecule has 0 radical (unpaired) electrons. The van der Waals surface area contributed by atoms with Crippen molar-refractivity contribution in [3.63, 3.8) is 0 Å². The Labute approximate surface area is 213 Å². The van der Waals surface area contributed by atoms with E-state index in [2.05, 4.69) is 10.6 Å². The lowest BCUT2D eigenvalue weighted by Crippen LogP contribution is -2.45. The van der Waals surface area contributed by atoms with E-state index in [1.165, 1.54) is 25.2 Å². The molecular weight excluding hydrogens is 515 g/mol. The summed E-state index contributed by atoms with van der Waals surface area (Å²) in [7, 11) is -3.12. The Bertz CT molecular complexity index is 1280. The SMILES string of the molecule is CNC(=O)CC1CN(S(=O)(=O)c2cccc(C(F)(F)F)c2)c2cc(NC(=O)OCC(C)(C)C)ccc2O1. The molecule has 0 saturated carbocycles. The van der Waals surface area contributed by atoms with E-state index in [0.29, 0.717) is 6.07 Å². The Balaban J connectivity index is 2.00. The first-order valence-corrected chi connectivity index (χ1v) is 12.7. The zero-order valence-electron chi connectivity index (χ0n) is 20.7. The van der Waals surface area contributed by atoms with Gasteiger partial charge >= 0.3 is 12.3 Å². The molecule has 0 aromatic heterocycles. The number of carbonyl (C=O) groups is 2. The van der Waals surface area contributed by atoms with Crippen LogP contribution in [0.1, 0.15) is 32.8 Å². The third-order valence-corrected chi connectivity index (χ3v) is 6.99. The number of nitrogens with one attached hydrogen (secondary N) is 2. The molecule has 37 heavy (non-hydrogen) atoms. The maximum absolute atomic E-state index is 13.6. The van der Waals surface area contributed by atoms with Gasteiger partial charge in [0.05, 0.1) is 35.7 Å². The van der Waals surface area contributed by atoms with Gasteiger partial charge in [0, 0.05) is 12.7 Å². The standard InChI is InChI=1S/C24H28F3N3O6S/c1-23(2,3)14-35-22(32)29-16-8-9-20-19(11-16)30(13-17(36-20)12-21(31)28-4)37(33,34)18-7-5-6-15(10-18)24(25,26)27/h5-11,17H,12-14H2,1-4H3,(H,28,31)(H,29,32). The van der Waals surface area contributed by atoms with Gasteiger partial charge in [0.2, 0.25) is 5.91 Å². The molecule has 1 atom stereocenters. The van der Waals surface area contributed by atoms with E-state index < -0.39 is 44.8 Å². The fourth-order valence-corrected chi connectivity index (χ4v) is 4.97. The van der Waals surface area contributed by atoms with Crippen LogP contribution in [-0.2, 0) is 25.7 Å². The van der Waals surface area contributed by atoms with E-state index in [1.54, 1.807) is 0 Å². The maximum atomic E-state index is 13.6. The molecule has 1 aliphatic heterocycles. The average molecular weight is 544 g/mol. The minimum atomic E-state index is -4.75. The molecule has 1 unspecified atom stereocenters. The van der Waals surface area contributed by atoms with Crippen molar-refractivity contribution < 1.29 is 40.7 Å². The van der Waals surface area contributed by atoms with Gasteiger partial charge in [0.15, 0.2) is 0 Å². The van der Waals surface area contributed by atoms with Crippen molar-refractivity contribution >= 4 is 33.4 Å². The van der Waals surface area contributed by atoms with Crippen LogP contribution in [-0.4, -0.2) is 46.7 Å². The van der Waals surface area contributed by atoms with Crippen molar-refractivity contribution in [1.82, 2.24) is 5.32 Å². The molecule has 2 aromatic rings. The molecular formula is C24H28F3N3O6S. The lowest BCUT2D eigenvalue weighted by atomic mass is 9.99. The van der Waals surface area contributed by atoms with Gasteiger partial charge < -0.3 is 14.8 Å². The second-order valence-electron chi connectivity index (χ2n) is 9.62. The lowest BCUT2D eigenvalue weighted by Gasteiger charge is -2.35. The molecule has 0 saturated heterocycles. The summed E-state index contributed by atoms with van der Waals surface area (Å²) in [5.41, 5.74) is -1.24. The van der Waals surface area contributed by atoms with Crippen LogP contribution in [0, 0.1) is 5.41 Å². The molecule has 1 aliphatic rings. The minimum Gasteiger partial charge on any atom is -0.486 e. The molecule has 13 heteroatoms. The van der Waals surface area contributed by atoms with Crippen LogP contribution in [0.15, 0.2) is 47.4 Å². The average Bonchev–Trinajstić information content (AvgIpc) is 2.81. The number of amides is 2. The molecule has 3 rings (SSSR count). The van der Waals surface area contributed by atoms with Crippen LogP contribution in [0.3, 0.4) is 0 Å². The number of nitrogens with zero attached hydrogens (tertiary/aromatic N) is 1. The van der Waals surface area contributed by atoms with Gasteiger partial charge in [0.1, 0.15) is 11.9 Å². The topological polar surface area (TPSA) is 114 Å². The number of fused-ring (bicyclic) bond motifs is 1. The molecule has 0 bridgehead atoms. The Kier molecular flexibility index (Phi) is 7.96. The number of benzene rings is 2. The number of hydrogen-bond acceptors (Lipinski definition) is 6. The minimum absolute atomic E-state index is 0.0146. The number of anilines is 2. The highest BCUT2D eigenvalue weighted by Crippen LogP contribution is 2.40. The highest BCUT2D eigenvalue weighted by atomic mass is 32.2. The van der Waals surface area contributed by atoms with Crippen LogP contribution in [0.25, 0.3) is 0 Å². The van der Waals surface area contributed by atoms with E-state index in [0.717, 1.165) is 22.5 Å². The van der Waals surface area contributed by atoms with Crippen molar-refractivity contribution in [2.45, 2.75) is 44.4 Å². The van der Waals surface area contributed by atoms with Gasteiger partial charge in [-0.25, -0.2) is 13.2 Å². The first-order valence-electron chi connectivity index (χ1n) is 11.3. The molecule has 2 aromatic carbocycles. The van der Waals surface area contributed by atoms with Gasteiger partial charge in [-0.1, -0.05) is 26.8 Å². The van der Waals surface area contributed by atoms with E-state index in [-0.39, 0.29) is 42.1 Å². The first kappa shape index (κ1) is 28.1. The zero-order chi connectivity index (χ0) is 27.6. The zero-order valence-corrected chi connectivity index (χ0v) is 21.5. The normalized spacial score (nSPS) is 15.9. The quantitative estimate of drug-likeness (QED) is 0.559. The summed E-state index contributed by atoms with van der Waals surface area (Å²) >= 11 is 0. The van der Waals surface area contributed by atoms with Crippen molar-refractivity contribution in [2.24, 2.45) is 5.41 Å². The molecule has 0 spiro atoms. The molecule has 2 amide bonds. The molecule has 1 heterocycles. The summed E-state index contributed by atoms with van der Waals surface area (Å²) < 4.78 is 78.8. The van der Waals surface area contributed by atoms with Gasteiger partial charge in [-0.05, 0) is 41.8 Å². The van der Waals surface area contributed by atoms with Gasteiger partial charge in [-0.2, -0.15) is 13.2 Å². The number of hydrogen-bond donors (Lipinski definition) is 2. The number of rotatable bonds is 6. The number of sulfonamides is 1. The van der Waals surface area contributed by atoms with Crippen LogP contribution in [0.4, 0.5) is 29.3 Å². The summed E-state index contributed by atoms with van der Waals surface area (Å²) in [6.07, 6.45) is -6.62. The molecule has 9 nitrogen and oxygen atoms in total. The largest absolute Gasteiger partial charge is 0.486 e. The Morgan fingerprint density at radius 3 is 2.46 bits per heavy atom. The third kappa shape index (κ3) is 7.06. The monoisotopic (exact) mass is 543 g/mol. The van der Waals surface area contributed by atoms with Crippen LogP contribution in [0.5, 0.6) is 5.75 Å². The van der Waals surface area contributed by atoms with Crippen molar-refractivity contribution in [2.75, 3.05) is 29.8 Å². The first-order chi connectivity index (χ1) is 17.1. The fourth-order valence-electron chi connectivity index (χ4n) is 3.43. The summed E-state index contributed by atoms with van der Waals surface area (Å²) in [6.45, 7) is 5.41. The number of halogens is 3. The summed E-state index contributed by atoms with van der Waals surface area (Å²) in [4.78, 5) is 23.6. The molecule has 2 N–H and O–H groups in total. The van der Waals surface area contributed by atoms with E-state index in [1.807, 2.05) is 20.8 Å². The van der Waals surface area contributed by atoms with E-state index in [9.17, 15) is 31.2 Å². The number of alkyl halides is 3. The lowest BCUT2D eigenvalue weighted by molar-refractivity contribution is -0.137. The molecule has 202 valence electrons. The Hall–Kier alpha value is -3.48. The van der Waals surface area contributed by atoms with Crippen LogP contribution in [0.2, 0.25) is 0 Å². The third-order valence-electron chi connectivity index (χ3n) is 5.21. The summed E-state index contributed by atoms with van der Waals surface area (Å²) in [6, 6.07) is 7.54. The number of carbonyl (C=O) groups excluding carboxylic acids is 2. The van der Waals surface area contributed by atoms with E-state index in [4.69, 9.17) is 9.47 Å². The predicted molar refractivity (Wildman–Crippen MR) is 130 cm³/mol. The highest BCUT2D eigenvalue weighted by Gasteiger charge is 2.37. The second kappa shape index (κ2) is 10.5. The summed E-state index contributed by atoms with van der Waals surface area (Å²) in [5.74, 6) is -0.339. The fraction of sp³-hybridized carbons (Fsp3) is 0.417. The Morgan fingerprint density at radius 2 is 1.84 bits per heavy atom. The Morgan fingerprint density at radius 1 is 1.14 bits per heavy atom.